The lowest BCUT2D eigenvalue weighted by atomic mass is 9.66. The second kappa shape index (κ2) is 15.9. The van der Waals surface area contributed by atoms with Crippen LogP contribution in [0.2, 0.25) is 0 Å². The van der Waals surface area contributed by atoms with Gasteiger partial charge in [-0.25, -0.2) is 0 Å². The van der Waals surface area contributed by atoms with E-state index in [1.54, 1.807) is 0 Å². The highest BCUT2D eigenvalue weighted by Crippen LogP contribution is 2.64. The summed E-state index contributed by atoms with van der Waals surface area (Å²) in [6, 6.07) is 87.8. The fraction of sp³-hybridized carbons (Fsp3) is 0.0909. The van der Waals surface area contributed by atoms with Crippen LogP contribution < -0.4 is 4.90 Å². The topological polar surface area (TPSA) is 16.4 Å². The van der Waals surface area contributed by atoms with Crippen LogP contribution in [-0.4, -0.2) is 0 Å². The highest BCUT2D eigenvalue weighted by molar-refractivity contribution is 7.99. The number of anilines is 3. The molecule has 1 spiro atoms. The molecule has 0 bridgehead atoms. The van der Waals surface area contributed by atoms with Crippen molar-refractivity contribution >= 4 is 50.6 Å². The van der Waals surface area contributed by atoms with Crippen molar-refractivity contribution in [2.75, 3.05) is 4.90 Å². The molecule has 0 amide bonds. The molecule has 2 nitrogen and oxygen atoms in total. The van der Waals surface area contributed by atoms with Crippen LogP contribution in [0.1, 0.15) is 75.8 Å². The fourth-order valence-electron chi connectivity index (χ4n) is 12.7. The SMILES string of the molecule is CC1c2oc3c(cc(N(c4ccccc4)c4ccccc4)c4ccccc43)c2-c2ccccc2C1CC(c1ccccc1)c1cccc2c1Sc1ccccc1C21c2ccccc2-c2ccccc21. The Bertz CT molecular complexity index is 3700. The average Bonchev–Trinajstić information content (AvgIpc) is 3.95. The summed E-state index contributed by atoms with van der Waals surface area (Å²) in [7, 11) is 0. The molecule has 2 aliphatic carbocycles. The zero-order valence-electron chi connectivity index (χ0n) is 38.2. The summed E-state index contributed by atoms with van der Waals surface area (Å²) in [5, 5.41) is 3.43. The second-order valence-corrected chi connectivity index (χ2v) is 20.1. The standard InChI is InChI=1S/C66H47NOS/c1-42-53(46-28-11-13-32-50(46)62-55-41-60(49-31-12-14-33-51(49)64(55)68-63(42)62)67(44-24-7-3-8-25-44)45-26-9-4-10-27-45)40-54(43-22-5-2-6-23-43)52-34-21-38-59-65(52)69-61-39-20-19-37-58(61)66(59)56-35-17-15-29-47(56)48-30-16-18-36-57(48)66/h2-39,41-42,53-54H,40H2,1H3. The Morgan fingerprint density at radius 1 is 0.507 bits per heavy atom. The van der Waals surface area contributed by atoms with Crippen LogP contribution in [0.25, 0.3) is 44.0 Å². The van der Waals surface area contributed by atoms with Crippen LogP contribution in [0.5, 0.6) is 0 Å². The Kier molecular flexibility index (Phi) is 9.26. The van der Waals surface area contributed by atoms with E-state index in [2.05, 4.69) is 248 Å². The van der Waals surface area contributed by atoms with Crippen LogP contribution in [0.15, 0.2) is 251 Å². The molecule has 10 aromatic carbocycles. The first kappa shape index (κ1) is 40.2. The number of nitrogens with zero attached hydrogens (tertiary/aromatic N) is 1. The molecule has 0 radical (unpaired) electrons. The van der Waals surface area contributed by atoms with E-state index in [1.165, 1.54) is 71.0 Å². The zero-order valence-corrected chi connectivity index (χ0v) is 39.0. The number of rotatable bonds is 7. The van der Waals surface area contributed by atoms with Gasteiger partial charge in [-0.2, -0.15) is 0 Å². The van der Waals surface area contributed by atoms with Gasteiger partial charge in [0.05, 0.1) is 11.1 Å². The molecule has 3 atom stereocenters. The molecular weight excluding hydrogens is 855 g/mol. The summed E-state index contributed by atoms with van der Waals surface area (Å²) < 4.78 is 7.38. The van der Waals surface area contributed by atoms with Gasteiger partial charge in [-0.05, 0) is 104 Å². The van der Waals surface area contributed by atoms with Crippen molar-refractivity contribution in [3.63, 3.8) is 0 Å². The van der Waals surface area contributed by atoms with Crippen LogP contribution in [0.4, 0.5) is 17.1 Å². The number of hydrogen-bond acceptors (Lipinski definition) is 3. The van der Waals surface area contributed by atoms with Crippen molar-refractivity contribution in [2.45, 2.75) is 46.3 Å². The van der Waals surface area contributed by atoms with Crippen molar-refractivity contribution < 1.29 is 4.42 Å². The molecule has 69 heavy (non-hydrogen) atoms. The van der Waals surface area contributed by atoms with E-state index in [4.69, 9.17) is 4.42 Å². The highest BCUT2D eigenvalue weighted by Gasteiger charge is 2.51. The van der Waals surface area contributed by atoms with Crippen molar-refractivity contribution in [3.8, 4) is 22.3 Å². The van der Waals surface area contributed by atoms with Gasteiger partial charge in [0.1, 0.15) is 11.3 Å². The van der Waals surface area contributed by atoms with Crippen molar-refractivity contribution in [1.82, 2.24) is 0 Å². The average molecular weight is 902 g/mol. The third kappa shape index (κ3) is 5.93. The van der Waals surface area contributed by atoms with E-state index < -0.39 is 5.41 Å². The molecule has 3 aliphatic rings. The van der Waals surface area contributed by atoms with Crippen molar-refractivity contribution in [1.29, 1.82) is 0 Å². The molecule has 14 rings (SSSR count). The van der Waals surface area contributed by atoms with E-state index in [0.29, 0.717) is 0 Å². The predicted molar refractivity (Wildman–Crippen MR) is 286 cm³/mol. The molecule has 2 heterocycles. The fourth-order valence-corrected chi connectivity index (χ4v) is 14.0. The van der Waals surface area contributed by atoms with E-state index in [0.717, 1.165) is 51.0 Å². The van der Waals surface area contributed by atoms with Gasteiger partial charge in [0.2, 0.25) is 0 Å². The lowest BCUT2D eigenvalue weighted by Gasteiger charge is -2.41. The number of para-hydroxylation sites is 2. The smallest absolute Gasteiger partial charge is 0.142 e. The summed E-state index contributed by atoms with van der Waals surface area (Å²) in [4.78, 5) is 5.10. The van der Waals surface area contributed by atoms with Gasteiger partial charge in [-0.15, -0.1) is 0 Å². The van der Waals surface area contributed by atoms with Gasteiger partial charge in [0, 0.05) is 54.7 Å². The molecule has 328 valence electrons. The lowest BCUT2D eigenvalue weighted by Crippen LogP contribution is -2.32. The van der Waals surface area contributed by atoms with Gasteiger partial charge in [0.25, 0.3) is 0 Å². The monoisotopic (exact) mass is 901 g/mol. The second-order valence-electron chi connectivity index (χ2n) is 19.0. The van der Waals surface area contributed by atoms with E-state index >= 15 is 0 Å². The Morgan fingerprint density at radius 3 is 1.75 bits per heavy atom. The van der Waals surface area contributed by atoms with Gasteiger partial charge < -0.3 is 9.32 Å². The first-order valence-electron chi connectivity index (χ1n) is 24.3. The Hall–Kier alpha value is -7.85. The molecule has 0 saturated heterocycles. The Labute approximate surface area is 407 Å². The summed E-state index contributed by atoms with van der Waals surface area (Å²) >= 11 is 1.96. The third-order valence-corrected chi connectivity index (χ3v) is 16.8. The van der Waals surface area contributed by atoms with Crippen LogP contribution in [-0.2, 0) is 5.41 Å². The predicted octanol–water partition coefficient (Wildman–Crippen LogP) is 18.0. The normalized spacial score (nSPS) is 16.2. The van der Waals surface area contributed by atoms with Gasteiger partial charge in [-0.3, -0.25) is 0 Å². The molecule has 3 unspecified atom stereocenters. The maximum absolute atomic E-state index is 7.38. The molecule has 0 N–H and O–H groups in total. The van der Waals surface area contributed by atoms with E-state index in [1.807, 2.05) is 11.8 Å². The highest BCUT2D eigenvalue weighted by atomic mass is 32.2. The van der Waals surface area contributed by atoms with Gasteiger partial charge >= 0.3 is 0 Å². The quantitative estimate of drug-likeness (QED) is 0.159. The van der Waals surface area contributed by atoms with Crippen molar-refractivity contribution in [2.24, 2.45) is 0 Å². The minimum Gasteiger partial charge on any atom is -0.459 e. The maximum atomic E-state index is 7.38. The number of hydrogen-bond donors (Lipinski definition) is 0. The summed E-state index contributed by atoms with van der Waals surface area (Å²) in [6.07, 6.45) is 0.916. The molecule has 0 saturated carbocycles. The maximum Gasteiger partial charge on any atom is 0.142 e. The molecule has 11 aromatic rings. The molecule has 0 fully saturated rings. The summed E-state index contributed by atoms with van der Waals surface area (Å²) in [5.74, 6) is 1.45. The largest absolute Gasteiger partial charge is 0.459 e. The first-order valence-corrected chi connectivity index (χ1v) is 25.1. The van der Waals surface area contributed by atoms with E-state index in [-0.39, 0.29) is 17.8 Å². The van der Waals surface area contributed by atoms with Gasteiger partial charge in [-0.1, -0.05) is 219 Å². The van der Waals surface area contributed by atoms with Crippen molar-refractivity contribution in [3.05, 3.63) is 281 Å². The zero-order chi connectivity index (χ0) is 45.6. The third-order valence-electron chi connectivity index (χ3n) is 15.6. The molecular formula is C66H47NOS. The number of benzene rings is 10. The molecule has 1 aromatic heterocycles. The molecule has 1 aliphatic heterocycles. The summed E-state index contributed by atoms with van der Waals surface area (Å²) in [5.41, 5.74) is 18.6. The Balaban J connectivity index is 0.955. The molecule has 3 heteroatoms. The minimum atomic E-state index is -0.437. The minimum absolute atomic E-state index is 0.0999. The summed E-state index contributed by atoms with van der Waals surface area (Å²) in [6.45, 7) is 2.42. The van der Waals surface area contributed by atoms with Crippen LogP contribution >= 0.6 is 11.8 Å². The van der Waals surface area contributed by atoms with E-state index in [9.17, 15) is 0 Å². The lowest BCUT2D eigenvalue weighted by molar-refractivity contribution is 0.424. The van der Waals surface area contributed by atoms with Gasteiger partial charge in [0.15, 0.2) is 0 Å². The number of fused-ring (bicyclic) bond motifs is 16. The first-order chi connectivity index (χ1) is 34.2. The number of furan rings is 1. The van der Waals surface area contributed by atoms with Crippen LogP contribution in [0.3, 0.4) is 0 Å². The Morgan fingerprint density at radius 2 is 1.06 bits per heavy atom. The van der Waals surface area contributed by atoms with Crippen LogP contribution in [0, 0.1) is 0 Å².